The van der Waals surface area contributed by atoms with Gasteiger partial charge in [-0.25, -0.2) is 4.39 Å². The Kier molecular flexibility index (Phi) is 3.98. The molecule has 4 nitrogen and oxygen atoms in total. The second-order valence-electron chi connectivity index (χ2n) is 4.93. The molecule has 2 aromatic carbocycles. The molecule has 0 aliphatic heterocycles. The van der Waals surface area contributed by atoms with Crippen LogP contribution in [0.2, 0.25) is 0 Å². The Hall–Kier alpha value is -3.26. The number of hydrogen-bond acceptors (Lipinski definition) is 4. The zero-order chi connectivity index (χ0) is 16.2. The van der Waals surface area contributed by atoms with E-state index in [1.54, 1.807) is 18.2 Å². The van der Waals surface area contributed by atoms with Gasteiger partial charge in [0.05, 0.1) is 0 Å². The molecular formula is C18H12FN3O. The quantitative estimate of drug-likeness (QED) is 0.679. The van der Waals surface area contributed by atoms with E-state index < -0.39 is 5.82 Å². The molecule has 1 aromatic heterocycles. The van der Waals surface area contributed by atoms with Crippen LogP contribution in [0.1, 0.15) is 17.0 Å². The van der Waals surface area contributed by atoms with E-state index in [-0.39, 0.29) is 11.5 Å². The molecule has 0 bridgehead atoms. The summed E-state index contributed by atoms with van der Waals surface area (Å²) in [5.41, 5.74) is 2.23. The van der Waals surface area contributed by atoms with Crippen LogP contribution < -0.4 is 0 Å². The predicted molar refractivity (Wildman–Crippen MR) is 84.4 cm³/mol. The Morgan fingerprint density at radius 1 is 1.17 bits per heavy atom. The molecule has 3 aromatic rings. The zero-order valence-corrected chi connectivity index (χ0v) is 12.3. The summed E-state index contributed by atoms with van der Waals surface area (Å²) in [5, 5.41) is 13.2. The molecule has 0 saturated carbocycles. The van der Waals surface area contributed by atoms with Crippen molar-refractivity contribution >= 4 is 11.6 Å². The van der Waals surface area contributed by atoms with Gasteiger partial charge >= 0.3 is 0 Å². The Bertz CT molecular complexity index is 922. The Labute approximate surface area is 132 Å². The van der Waals surface area contributed by atoms with Crippen molar-refractivity contribution in [3.8, 4) is 17.5 Å². The first-order valence-electron chi connectivity index (χ1n) is 6.95. The molecule has 0 aliphatic rings. The highest BCUT2D eigenvalue weighted by Crippen LogP contribution is 2.23. The Morgan fingerprint density at radius 3 is 2.65 bits per heavy atom. The standard InChI is InChI=1S/C18H12FN3O/c1-12-6-2-4-8-15(12)17-21-18(23-22-17)14(11-20)10-13-7-3-5-9-16(13)19/h2-10H,1H3/b14-10+. The number of nitrogens with zero attached hydrogens (tertiary/aromatic N) is 3. The number of aryl methyl sites for hydroxylation is 1. The van der Waals surface area contributed by atoms with Crippen molar-refractivity contribution in [1.29, 1.82) is 5.26 Å². The molecule has 112 valence electrons. The Balaban J connectivity index is 2.00. The second kappa shape index (κ2) is 6.24. The van der Waals surface area contributed by atoms with E-state index in [4.69, 9.17) is 4.52 Å². The molecule has 0 aliphatic carbocycles. The highest BCUT2D eigenvalue weighted by Gasteiger charge is 2.14. The van der Waals surface area contributed by atoms with Crippen LogP contribution in [0.4, 0.5) is 4.39 Å². The summed E-state index contributed by atoms with van der Waals surface area (Å²) in [5.74, 6) is 0.0423. The summed E-state index contributed by atoms with van der Waals surface area (Å²) in [6, 6.07) is 15.7. The summed E-state index contributed by atoms with van der Waals surface area (Å²) < 4.78 is 18.9. The van der Waals surface area contributed by atoms with Gasteiger partial charge in [-0.3, -0.25) is 0 Å². The van der Waals surface area contributed by atoms with Gasteiger partial charge in [0.25, 0.3) is 5.89 Å². The van der Waals surface area contributed by atoms with Crippen LogP contribution in [0.5, 0.6) is 0 Å². The molecule has 0 atom stereocenters. The number of aromatic nitrogens is 2. The van der Waals surface area contributed by atoms with Crippen molar-refractivity contribution in [2.45, 2.75) is 6.92 Å². The molecule has 23 heavy (non-hydrogen) atoms. The van der Waals surface area contributed by atoms with Crippen LogP contribution in [0.25, 0.3) is 23.0 Å². The molecule has 0 N–H and O–H groups in total. The molecule has 0 spiro atoms. The maximum absolute atomic E-state index is 13.7. The van der Waals surface area contributed by atoms with Gasteiger partial charge in [0.15, 0.2) is 0 Å². The molecule has 0 fully saturated rings. The topological polar surface area (TPSA) is 62.7 Å². The molecular weight excluding hydrogens is 293 g/mol. The predicted octanol–water partition coefficient (Wildman–Crippen LogP) is 4.25. The number of allylic oxidation sites excluding steroid dienone is 1. The van der Waals surface area contributed by atoms with E-state index in [0.29, 0.717) is 11.4 Å². The molecule has 0 unspecified atom stereocenters. The smallest absolute Gasteiger partial charge is 0.268 e. The molecule has 0 radical (unpaired) electrons. The van der Waals surface area contributed by atoms with Gasteiger partial charge < -0.3 is 4.52 Å². The fourth-order valence-corrected chi connectivity index (χ4v) is 2.16. The number of benzene rings is 2. The van der Waals surface area contributed by atoms with Crippen molar-refractivity contribution in [2.75, 3.05) is 0 Å². The van der Waals surface area contributed by atoms with Crippen molar-refractivity contribution < 1.29 is 8.91 Å². The van der Waals surface area contributed by atoms with Gasteiger partial charge in [-0.1, -0.05) is 47.6 Å². The van der Waals surface area contributed by atoms with E-state index in [9.17, 15) is 9.65 Å². The van der Waals surface area contributed by atoms with Crippen LogP contribution in [-0.2, 0) is 0 Å². The van der Waals surface area contributed by atoms with Crippen LogP contribution in [0, 0.1) is 24.1 Å². The zero-order valence-electron chi connectivity index (χ0n) is 12.3. The summed E-state index contributed by atoms with van der Waals surface area (Å²) in [7, 11) is 0. The lowest BCUT2D eigenvalue weighted by Crippen LogP contribution is -1.87. The average Bonchev–Trinajstić information content (AvgIpc) is 3.04. The first-order chi connectivity index (χ1) is 11.2. The molecule has 5 heteroatoms. The molecule has 1 heterocycles. The minimum Gasteiger partial charge on any atom is -0.333 e. The van der Waals surface area contributed by atoms with Crippen LogP contribution in [-0.4, -0.2) is 10.1 Å². The maximum atomic E-state index is 13.7. The van der Waals surface area contributed by atoms with Gasteiger partial charge in [-0.05, 0) is 24.6 Å². The summed E-state index contributed by atoms with van der Waals surface area (Å²) in [6.07, 6.45) is 1.39. The van der Waals surface area contributed by atoms with E-state index in [1.807, 2.05) is 37.3 Å². The lowest BCUT2D eigenvalue weighted by atomic mass is 10.1. The van der Waals surface area contributed by atoms with Crippen LogP contribution in [0.15, 0.2) is 53.1 Å². The highest BCUT2D eigenvalue weighted by molar-refractivity contribution is 5.86. The van der Waals surface area contributed by atoms with E-state index in [2.05, 4.69) is 10.1 Å². The van der Waals surface area contributed by atoms with Gasteiger partial charge in [0.1, 0.15) is 17.5 Å². The van der Waals surface area contributed by atoms with Crippen LogP contribution in [0.3, 0.4) is 0 Å². The van der Waals surface area contributed by atoms with Gasteiger partial charge in [0.2, 0.25) is 5.82 Å². The molecule has 0 amide bonds. The van der Waals surface area contributed by atoms with Gasteiger partial charge in [0, 0.05) is 11.1 Å². The minimum absolute atomic E-state index is 0.0639. The fourth-order valence-electron chi connectivity index (χ4n) is 2.16. The normalized spacial score (nSPS) is 11.3. The first-order valence-corrected chi connectivity index (χ1v) is 6.95. The maximum Gasteiger partial charge on any atom is 0.268 e. The van der Waals surface area contributed by atoms with Crippen molar-refractivity contribution in [3.63, 3.8) is 0 Å². The Morgan fingerprint density at radius 2 is 1.91 bits per heavy atom. The van der Waals surface area contributed by atoms with Gasteiger partial charge in [-0.15, -0.1) is 0 Å². The third-order valence-electron chi connectivity index (χ3n) is 3.37. The van der Waals surface area contributed by atoms with Crippen molar-refractivity contribution in [1.82, 2.24) is 10.1 Å². The molecule has 3 rings (SSSR count). The number of hydrogen-bond donors (Lipinski definition) is 0. The average molecular weight is 305 g/mol. The molecule has 0 saturated heterocycles. The third kappa shape index (κ3) is 3.01. The SMILES string of the molecule is Cc1ccccc1-c1noc(/C(C#N)=C/c2ccccc2F)n1. The summed E-state index contributed by atoms with van der Waals surface area (Å²) in [6.45, 7) is 1.94. The van der Waals surface area contributed by atoms with E-state index >= 15 is 0 Å². The van der Waals surface area contributed by atoms with E-state index in [0.717, 1.165) is 11.1 Å². The largest absolute Gasteiger partial charge is 0.333 e. The third-order valence-corrected chi connectivity index (χ3v) is 3.37. The number of nitriles is 1. The van der Waals surface area contributed by atoms with E-state index in [1.165, 1.54) is 12.1 Å². The summed E-state index contributed by atoms with van der Waals surface area (Å²) in [4.78, 5) is 4.25. The van der Waals surface area contributed by atoms with Crippen molar-refractivity contribution in [3.05, 3.63) is 71.4 Å². The van der Waals surface area contributed by atoms with Gasteiger partial charge in [-0.2, -0.15) is 10.2 Å². The fraction of sp³-hybridized carbons (Fsp3) is 0.0556. The lowest BCUT2D eigenvalue weighted by molar-refractivity contribution is 0.409. The number of halogens is 1. The summed E-state index contributed by atoms with van der Waals surface area (Å²) >= 11 is 0. The van der Waals surface area contributed by atoms with Crippen LogP contribution >= 0.6 is 0 Å². The highest BCUT2D eigenvalue weighted by atomic mass is 19.1. The lowest BCUT2D eigenvalue weighted by Gasteiger charge is -1.98. The van der Waals surface area contributed by atoms with Crippen molar-refractivity contribution in [2.24, 2.45) is 0 Å². The second-order valence-corrected chi connectivity index (χ2v) is 4.93. The first kappa shape index (κ1) is 14.7. The minimum atomic E-state index is -0.418. The number of rotatable bonds is 3. The monoisotopic (exact) mass is 305 g/mol.